The van der Waals surface area contributed by atoms with Crippen molar-refractivity contribution in [2.75, 3.05) is 7.05 Å². The van der Waals surface area contributed by atoms with Gasteiger partial charge in [-0.25, -0.2) is 0 Å². The third kappa shape index (κ3) is 3.46. The zero-order chi connectivity index (χ0) is 10.6. The maximum Gasteiger partial charge on any atom is 0.0337 e. The highest BCUT2D eigenvalue weighted by atomic mass is 14.9. The second-order valence-corrected chi connectivity index (χ2v) is 4.89. The third-order valence-corrected chi connectivity index (χ3v) is 2.25. The summed E-state index contributed by atoms with van der Waals surface area (Å²) in [4.78, 5) is 4.14. The van der Waals surface area contributed by atoms with E-state index in [4.69, 9.17) is 0 Å². The fourth-order valence-corrected chi connectivity index (χ4v) is 1.58. The summed E-state index contributed by atoms with van der Waals surface area (Å²) in [6.45, 7) is 6.77. The molecule has 0 spiro atoms. The lowest BCUT2D eigenvalue weighted by Crippen LogP contribution is -2.22. The quantitative estimate of drug-likeness (QED) is 0.796. The first-order valence-electron chi connectivity index (χ1n) is 5.10. The predicted octanol–water partition coefficient (Wildman–Crippen LogP) is 2.78. The normalized spacial score (nSPS) is 14.0. The maximum atomic E-state index is 4.14. The molecule has 0 aliphatic rings. The van der Waals surface area contributed by atoms with E-state index < -0.39 is 0 Å². The molecule has 2 heteroatoms. The number of nitrogens with zero attached hydrogens (tertiary/aromatic N) is 1. The Labute approximate surface area is 86.8 Å². The second kappa shape index (κ2) is 4.56. The van der Waals surface area contributed by atoms with Gasteiger partial charge in [-0.05, 0) is 30.5 Å². The van der Waals surface area contributed by atoms with E-state index in [0.717, 1.165) is 6.42 Å². The monoisotopic (exact) mass is 192 g/mol. The average molecular weight is 192 g/mol. The highest BCUT2D eigenvalue weighted by molar-refractivity contribution is 5.14. The Kier molecular flexibility index (Phi) is 3.64. The fourth-order valence-electron chi connectivity index (χ4n) is 1.58. The summed E-state index contributed by atoms with van der Waals surface area (Å²) < 4.78 is 0. The molecular formula is C12H20N2. The van der Waals surface area contributed by atoms with Crippen LogP contribution in [0.3, 0.4) is 0 Å². The molecule has 0 aromatic carbocycles. The molecular weight excluding hydrogens is 172 g/mol. The number of pyridine rings is 1. The van der Waals surface area contributed by atoms with E-state index in [9.17, 15) is 0 Å². The van der Waals surface area contributed by atoms with Gasteiger partial charge in [0.1, 0.15) is 0 Å². The second-order valence-electron chi connectivity index (χ2n) is 4.89. The van der Waals surface area contributed by atoms with Crippen LogP contribution in [0.1, 0.15) is 38.8 Å². The van der Waals surface area contributed by atoms with E-state index in [2.05, 4.69) is 37.1 Å². The van der Waals surface area contributed by atoms with Crippen molar-refractivity contribution in [3.63, 3.8) is 0 Å². The lowest BCUT2D eigenvalue weighted by atomic mass is 9.86. The topological polar surface area (TPSA) is 24.9 Å². The van der Waals surface area contributed by atoms with Crippen LogP contribution in [0.15, 0.2) is 24.5 Å². The van der Waals surface area contributed by atoms with Crippen molar-refractivity contribution in [3.8, 4) is 0 Å². The molecule has 1 N–H and O–H groups in total. The molecule has 1 aromatic rings. The van der Waals surface area contributed by atoms with Gasteiger partial charge in [0, 0.05) is 18.4 Å². The van der Waals surface area contributed by atoms with Gasteiger partial charge in [0.15, 0.2) is 0 Å². The van der Waals surface area contributed by atoms with Gasteiger partial charge in [0.05, 0.1) is 0 Å². The average Bonchev–Trinajstić information content (AvgIpc) is 2.14. The summed E-state index contributed by atoms with van der Waals surface area (Å²) in [5, 5.41) is 3.33. The molecule has 0 aliphatic heterocycles. The minimum Gasteiger partial charge on any atom is -0.313 e. The fraction of sp³-hybridized carbons (Fsp3) is 0.583. The van der Waals surface area contributed by atoms with Crippen molar-refractivity contribution in [2.24, 2.45) is 5.41 Å². The van der Waals surface area contributed by atoms with Crippen LogP contribution >= 0.6 is 0 Å². The molecule has 0 saturated carbocycles. The van der Waals surface area contributed by atoms with Crippen LogP contribution < -0.4 is 5.32 Å². The molecule has 2 nitrogen and oxygen atoms in total. The van der Waals surface area contributed by atoms with Crippen molar-refractivity contribution in [1.29, 1.82) is 0 Å². The standard InChI is InChI=1S/C12H20N2/c1-12(2,3)8-11(13-4)10-6-5-7-14-9-10/h5-7,9,11,13H,8H2,1-4H3. The number of rotatable bonds is 3. The molecule has 1 aromatic heterocycles. The first-order chi connectivity index (χ1) is 6.53. The first-order valence-corrected chi connectivity index (χ1v) is 5.10. The summed E-state index contributed by atoms with van der Waals surface area (Å²) in [5.41, 5.74) is 1.61. The van der Waals surface area contributed by atoms with Gasteiger partial charge in [-0.2, -0.15) is 0 Å². The molecule has 0 fully saturated rings. The zero-order valence-electron chi connectivity index (χ0n) is 9.54. The molecule has 0 saturated heterocycles. The molecule has 0 bridgehead atoms. The third-order valence-electron chi connectivity index (χ3n) is 2.25. The summed E-state index contributed by atoms with van der Waals surface area (Å²) in [5.74, 6) is 0. The molecule has 1 atom stereocenters. The Hall–Kier alpha value is -0.890. The van der Waals surface area contributed by atoms with Gasteiger partial charge < -0.3 is 5.32 Å². The molecule has 1 rings (SSSR count). The Bertz CT molecular complexity index is 261. The Morgan fingerprint density at radius 3 is 2.57 bits per heavy atom. The van der Waals surface area contributed by atoms with Gasteiger partial charge in [-0.1, -0.05) is 26.8 Å². The minimum absolute atomic E-state index is 0.337. The summed E-state index contributed by atoms with van der Waals surface area (Å²) in [6, 6.07) is 4.52. The molecule has 14 heavy (non-hydrogen) atoms. The Morgan fingerprint density at radius 2 is 2.14 bits per heavy atom. The van der Waals surface area contributed by atoms with Gasteiger partial charge in [0.25, 0.3) is 0 Å². The number of aromatic nitrogens is 1. The lowest BCUT2D eigenvalue weighted by molar-refractivity contribution is 0.320. The van der Waals surface area contributed by atoms with E-state index >= 15 is 0 Å². The van der Waals surface area contributed by atoms with E-state index in [0.29, 0.717) is 11.5 Å². The number of hydrogen-bond donors (Lipinski definition) is 1. The molecule has 1 unspecified atom stereocenters. The van der Waals surface area contributed by atoms with Gasteiger partial charge >= 0.3 is 0 Å². The Morgan fingerprint density at radius 1 is 1.43 bits per heavy atom. The maximum absolute atomic E-state index is 4.14. The van der Waals surface area contributed by atoms with Crippen molar-refractivity contribution in [2.45, 2.75) is 33.2 Å². The number of hydrogen-bond acceptors (Lipinski definition) is 2. The van der Waals surface area contributed by atoms with Crippen LogP contribution in [0.2, 0.25) is 0 Å². The van der Waals surface area contributed by atoms with E-state index in [1.807, 2.05) is 25.5 Å². The summed E-state index contributed by atoms with van der Waals surface area (Å²) in [7, 11) is 2.00. The van der Waals surface area contributed by atoms with Crippen molar-refractivity contribution >= 4 is 0 Å². The van der Waals surface area contributed by atoms with E-state index in [1.165, 1.54) is 5.56 Å². The summed E-state index contributed by atoms with van der Waals surface area (Å²) in [6.07, 6.45) is 4.87. The van der Waals surface area contributed by atoms with E-state index in [-0.39, 0.29) is 0 Å². The van der Waals surface area contributed by atoms with Crippen molar-refractivity contribution in [1.82, 2.24) is 10.3 Å². The summed E-state index contributed by atoms with van der Waals surface area (Å²) >= 11 is 0. The van der Waals surface area contributed by atoms with Crippen LogP contribution in [-0.4, -0.2) is 12.0 Å². The molecule has 0 radical (unpaired) electrons. The predicted molar refractivity (Wildman–Crippen MR) is 60.1 cm³/mol. The van der Waals surface area contributed by atoms with Crippen LogP contribution in [-0.2, 0) is 0 Å². The van der Waals surface area contributed by atoms with Gasteiger partial charge in [0.2, 0.25) is 0 Å². The molecule has 78 valence electrons. The smallest absolute Gasteiger partial charge is 0.0337 e. The van der Waals surface area contributed by atoms with Crippen LogP contribution in [0.4, 0.5) is 0 Å². The van der Waals surface area contributed by atoms with Gasteiger partial charge in [-0.15, -0.1) is 0 Å². The molecule has 1 heterocycles. The number of nitrogens with one attached hydrogen (secondary N) is 1. The highest BCUT2D eigenvalue weighted by Gasteiger charge is 2.18. The zero-order valence-corrected chi connectivity index (χ0v) is 9.54. The first kappa shape index (κ1) is 11.2. The van der Waals surface area contributed by atoms with Crippen LogP contribution in [0.5, 0.6) is 0 Å². The van der Waals surface area contributed by atoms with Crippen LogP contribution in [0.25, 0.3) is 0 Å². The lowest BCUT2D eigenvalue weighted by Gasteiger charge is -2.25. The molecule has 0 aliphatic carbocycles. The van der Waals surface area contributed by atoms with Gasteiger partial charge in [-0.3, -0.25) is 4.98 Å². The van der Waals surface area contributed by atoms with Crippen molar-refractivity contribution in [3.05, 3.63) is 30.1 Å². The SMILES string of the molecule is CNC(CC(C)(C)C)c1cccnc1. The van der Waals surface area contributed by atoms with Crippen LogP contribution in [0, 0.1) is 5.41 Å². The molecule has 0 amide bonds. The van der Waals surface area contributed by atoms with E-state index in [1.54, 1.807) is 0 Å². The largest absolute Gasteiger partial charge is 0.313 e. The van der Waals surface area contributed by atoms with Crippen molar-refractivity contribution < 1.29 is 0 Å². The minimum atomic E-state index is 0.337. The Balaban J connectivity index is 2.73. The highest BCUT2D eigenvalue weighted by Crippen LogP contribution is 2.28.